The van der Waals surface area contributed by atoms with E-state index in [1.165, 1.54) is 10.9 Å². The molecule has 4 nitrogen and oxygen atoms in total. The summed E-state index contributed by atoms with van der Waals surface area (Å²) >= 11 is 1.63. The van der Waals surface area contributed by atoms with Crippen LogP contribution in [0.2, 0.25) is 0 Å². The molecule has 2 rings (SSSR count). The van der Waals surface area contributed by atoms with Crippen LogP contribution in [-0.2, 0) is 13.0 Å². The highest BCUT2D eigenvalue weighted by atomic mass is 32.1. The van der Waals surface area contributed by atoms with Gasteiger partial charge < -0.3 is 10.6 Å². The summed E-state index contributed by atoms with van der Waals surface area (Å²) < 4.78 is 13.1. The van der Waals surface area contributed by atoms with Gasteiger partial charge >= 0.3 is 0 Å². The van der Waals surface area contributed by atoms with Crippen LogP contribution in [0.25, 0.3) is 0 Å². The van der Waals surface area contributed by atoms with Gasteiger partial charge in [0.1, 0.15) is 5.82 Å². The van der Waals surface area contributed by atoms with E-state index >= 15 is 0 Å². The minimum atomic E-state index is -0.188. The van der Waals surface area contributed by atoms with Gasteiger partial charge in [-0.3, -0.25) is 4.99 Å². The number of nitrogens with one attached hydrogen (secondary N) is 2. The number of hydrogen-bond donors (Lipinski definition) is 2. The van der Waals surface area contributed by atoms with E-state index in [0.29, 0.717) is 6.54 Å². The Morgan fingerprint density at radius 1 is 1.32 bits per heavy atom. The van der Waals surface area contributed by atoms with Crippen molar-refractivity contribution < 1.29 is 4.39 Å². The molecular formula is C16H21FN4S. The predicted molar refractivity (Wildman–Crippen MR) is 89.9 cm³/mol. The van der Waals surface area contributed by atoms with Crippen molar-refractivity contribution in [3.8, 4) is 0 Å². The maximum absolute atomic E-state index is 13.1. The second kappa shape index (κ2) is 7.89. The first-order valence-corrected chi connectivity index (χ1v) is 8.06. The Labute approximate surface area is 134 Å². The van der Waals surface area contributed by atoms with Gasteiger partial charge in [0.2, 0.25) is 0 Å². The van der Waals surface area contributed by atoms with Crippen molar-refractivity contribution >= 4 is 17.3 Å². The summed E-state index contributed by atoms with van der Waals surface area (Å²) in [7, 11) is 1.75. The average molecular weight is 320 g/mol. The van der Waals surface area contributed by atoms with Crippen LogP contribution in [-0.4, -0.2) is 24.5 Å². The van der Waals surface area contributed by atoms with Crippen molar-refractivity contribution in [1.29, 1.82) is 0 Å². The predicted octanol–water partition coefficient (Wildman–Crippen LogP) is 2.81. The lowest BCUT2D eigenvalue weighted by Crippen LogP contribution is -2.37. The summed E-state index contributed by atoms with van der Waals surface area (Å²) in [6, 6.07) is 4.90. The number of benzene rings is 1. The molecule has 1 aromatic heterocycles. The zero-order valence-corrected chi connectivity index (χ0v) is 13.9. The molecule has 1 aromatic carbocycles. The number of hydrogen-bond acceptors (Lipinski definition) is 3. The maximum atomic E-state index is 13.1. The molecule has 0 aliphatic heterocycles. The molecule has 0 saturated carbocycles. The van der Waals surface area contributed by atoms with Gasteiger partial charge in [0.15, 0.2) is 5.96 Å². The summed E-state index contributed by atoms with van der Waals surface area (Å²) in [6.07, 6.45) is 0.826. The highest BCUT2D eigenvalue weighted by Crippen LogP contribution is 2.11. The Kier molecular flexibility index (Phi) is 5.89. The lowest BCUT2D eigenvalue weighted by molar-refractivity contribution is 0.625. The summed E-state index contributed by atoms with van der Waals surface area (Å²) in [5, 5.41) is 6.54. The highest BCUT2D eigenvalue weighted by Gasteiger charge is 2.04. The molecule has 0 spiro atoms. The van der Waals surface area contributed by atoms with Crippen molar-refractivity contribution in [2.24, 2.45) is 4.99 Å². The molecule has 0 aliphatic rings. The maximum Gasteiger partial charge on any atom is 0.191 e. The Morgan fingerprint density at radius 2 is 2.14 bits per heavy atom. The van der Waals surface area contributed by atoms with Gasteiger partial charge in [-0.05, 0) is 43.5 Å². The Hall–Kier alpha value is -1.95. The first-order valence-electron chi connectivity index (χ1n) is 7.18. The normalized spacial score (nSPS) is 11.5. The van der Waals surface area contributed by atoms with Crippen LogP contribution in [0.3, 0.4) is 0 Å². The van der Waals surface area contributed by atoms with Crippen molar-refractivity contribution in [3.05, 3.63) is 51.2 Å². The number of rotatable bonds is 5. The fourth-order valence-corrected chi connectivity index (χ4v) is 2.85. The van der Waals surface area contributed by atoms with Crippen LogP contribution >= 0.6 is 11.3 Å². The minimum absolute atomic E-state index is 0.188. The third-order valence-corrected chi connectivity index (χ3v) is 4.41. The van der Waals surface area contributed by atoms with Gasteiger partial charge in [-0.1, -0.05) is 6.07 Å². The van der Waals surface area contributed by atoms with Gasteiger partial charge in [0, 0.05) is 18.5 Å². The average Bonchev–Trinajstić information content (AvgIpc) is 2.90. The molecule has 0 aliphatic carbocycles. The van der Waals surface area contributed by atoms with E-state index in [9.17, 15) is 4.39 Å². The van der Waals surface area contributed by atoms with Crippen LogP contribution in [0.4, 0.5) is 4.39 Å². The van der Waals surface area contributed by atoms with Gasteiger partial charge in [-0.25, -0.2) is 9.37 Å². The molecule has 2 aromatic rings. The Bertz CT molecular complexity index is 651. The van der Waals surface area contributed by atoms with Crippen molar-refractivity contribution in [2.45, 2.75) is 26.8 Å². The first kappa shape index (κ1) is 16.4. The Morgan fingerprint density at radius 3 is 2.77 bits per heavy atom. The van der Waals surface area contributed by atoms with Crippen LogP contribution in [0.5, 0.6) is 0 Å². The van der Waals surface area contributed by atoms with Gasteiger partial charge in [0.05, 0.1) is 17.7 Å². The van der Waals surface area contributed by atoms with Gasteiger partial charge in [-0.2, -0.15) is 0 Å². The molecule has 1 heterocycles. The minimum Gasteiger partial charge on any atom is -0.356 e. The zero-order chi connectivity index (χ0) is 15.9. The molecule has 22 heavy (non-hydrogen) atoms. The quantitative estimate of drug-likeness (QED) is 0.658. The number of guanidine groups is 1. The molecule has 0 amide bonds. The SMILES string of the molecule is CN=C(NCCc1ccc(F)cc1C)NCc1scnc1C. The van der Waals surface area contributed by atoms with E-state index in [4.69, 9.17) is 0 Å². The zero-order valence-electron chi connectivity index (χ0n) is 13.1. The second-order valence-corrected chi connectivity index (χ2v) is 5.97. The number of thiazole rings is 1. The summed E-state index contributed by atoms with van der Waals surface area (Å²) in [6.45, 7) is 5.39. The standard InChI is InChI=1S/C16H21FN4S/c1-11-8-14(17)5-4-13(11)6-7-19-16(18-3)20-9-15-12(2)21-10-22-15/h4-5,8,10H,6-7,9H2,1-3H3,(H2,18,19,20). The Balaban J connectivity index is 1.80. The molecule has 2 N–H and O–H groups in total. The molecule has 6 heteroatoms. The van der Waals surface area contributed by atoms with E-state index in [-0.39, 0.29) is 5.82 Å². The lowest BCUT2D eigenvalue weighted by atomic mass is 10.1. The van der Waals surface area contributed by atoms with E-state index in [2.05, 4.69) is 20.6 Å². The third-order valence-electron chi connectivity index (χ3n) is 3.48. The second-order valence-electron chi connectivity index (χ2n) is 5.03. The first-order chi connectivity index (χ1) is 10.6. The van der Waals surface area contributed by atoms with Crippen LogP contribution in [0.15, 0.2) is 28.7 Å². The summed E-state index contributed by atoms with van der Waals surface area (Å²) in [5.41, 5.74) is 5.02. The van der Waals surface area contributed by atoms with Crippen LogP contribution in [0, 0.1) is 19.7 Å². The number of aryl methyl sites for hydroxylation is 2. The van der Waals surface area contributed by atoms with E-state index in [1.54, 1.807) is 24.5 Å². The lowest BCUT2D eigenvalue weighted by Gasteiger charge is -2.12. The van der Waals surface area contributed by atoms with E-state index < -0.39 is 0 Å². The topological polar surface area (TPSA) is 49.3 Å². The van der Waals surface area contributed by atoms with Gasteiger partial charge in [-0.15, -0.1) is 11.3 Å². The molecule has 0 atom stereocenters. The van der Waals surface area contributed by atoms with Crippen molar-refractivity contribution in [2.75, 3.05) is 13.6 Å². The van der Waals surface area contributed by atoms with E-state index in [1.807, 2.05) is 25.4 Å². The number of halogens is 1. The molecule has 0 saturated heterocycles. The van der Waals surface area contributed by atoms with Gasteiger partial charge in [0.25, 0.3) is 0 Å². The monoisotopic (exact) mass is 320 g/mol. The summed E-state index contributed by atoms with van der Waals surface area (Å²) in [4.78, 5) is 9.64. The van der Waals surface area contributed by atoms with Crippen LogP contribution in [0.1, 0.15) is 21.7 Å². The molecule has 118 valence electrons. The number of aromatic nitrogens is 1. The summed E-state index contributed by atoms with van der Waals surface area (Å²) in [5.74, 6) is 0.569. The number of aliphatic imine (C=N–C) groups is 1. The molecule has 0 radical (unpaired) electrons. The number of nitrogens with zero attached hydrogens (tertiary/aromatic N) is 2. The molecule has 0 fully saturated rings. The van der Waals surface area contributed by atoms with Crippen molar-refractivity contribution in [3.63, 3.8) is 0 Å². The fraction of sp³-hybridized carbons (Fsp3) is 0.375. The highest BCUT2D eigenvalue weighted by molar-refractivity contribution is 7.09. The smallest absolute Gasteiger partial charge is 0.191 e. The van der Waals surface area contributed by atoms with Crippen molar-refractivity contribution in [1.82, 2.24) is 15.6 Å². The largest absolute Gasteiger partial charge is 0.356 e. The molecule has 0 bridgehead atoms. The van der Waals surface area contributed by atoms with Crippen LogP contribution < -0.4 is 10.6 Å². The van der Waals surface area contributed by atoms with E-state index in [0.717, 1.165) is 35.7 Å². The fourth-order valence-electron chi connectivity index (χ4n) is 2.14. The molecular weight excluding hydrogens is 299 g/mol. The molecule has 0 unspecified atom stereocenters. The third kappa shape index (κ3) is 4.53.